The molecule has 0 bridgehead atoms. The summed E-state index contributed by atoms with van der Waals surface area (Å²) in [6, 6.07) is 0. The molecule has 0 saturated carbocycles. The van der Waals surface area contributed by atoms with Crippen molar-refractivity contribution in [2.45, 2.75) is 4.87 Å². The second-order valence-corrected chi connectivity index (χ2v) is 4.62. The molecule has 0 aromatic rings. The van der Waals surface area contributed by atoms with E-state index in [0.717, 1.165) is 12.2 Å². The molecule has 1 aliphatic heterocycles. The Hall–Kier alpha value is 0.0800. The number of nitrogens with zero attached hydrogens (tertiary/aromatic N) is 2. The molecule has 0 spiro atoms. The molecular weight excluding hydrogens is 242 g/mol. The van der Waals surface area contributed by atoms with Crippen LogP contribution in [-0.4, -0.2) is 47.9 Å². The molecule has 80 valence electrons. The first-order valence-corrected chi connectivity index (χ1v) is 5.81. The molecule has 1 rings (SSSR count). The summed E-state index contributed by atoms with van der Waals surface area (Å²) in [5, 5.41) is 0. The summed E-state index contributed by atoms with van der Waals surface area (Å²) in [6.45, 7) is 1.28. The van der Waals surface area contributed by atoms with E-state index < -0.39 is 4.87 Å². The molecule has 1 heterocycles. The second kappa shape index (κ2) is 5.24. The van der Waals surface area contributed by atoms with Gasteiger partial charge in [-0.2, -0.15) is 0 Å². The van der Waals surface area contributed by atoms with Gasteiger partial charge in [-0.1, -0.05) is 0 Å². The first-order chi connectivity index (χ1) is 6.64. The predicted octanol–water partition coefficient (Wildman–Crippen LogP) is 2.34. The summed E-state index contributed by atoms with van der Waals surface area (Å²) in [5.74, 6) is 0.921. The van der Waals surface area contributed by atoms with Crippen LogP contribution < -0.4 is 0 Å². The first kappa shape index (κ1) is 12.2. The van der Waals surface area contributed by atoms with Crippen molar-refractivity contribution in [3.63, 3.8) is 0 Å². The Balaban J connectivity index is 2.81. The Morgan fingerprint density at radius 2 is 2.29 bits per heavy atom. The van der Waals surface area contributed by atoms with E-state index in [9.17, 15) is 0 Å². The van der Waals surface area contributed by atoms with Gasteiger partial charge < -0.3 is 4.90 Å². The van der Waals surface area contributed by atoms with Gasteiger partial charge in [-0.25, -0.2) is 0 Å². The SMILES string of the molecule is CN(CCCl)C1=CC=NCC1(Cl)CCl. The number of aliphatic imine (C=N–C) groups is 1. The summed E-state index contributed by atoms with van der Waals surface area (Å²) in [5.41, 5.74) is 0.991. The fourth-order valence-electron chi connectivity index (χ4n) is 1.38. The molecule has 2 nitrogen and oxygen atoms in total. The topological polar surface area (TPSA) is 15.6 Å². The molecule has 1 atom stereocenters. The number of dihydropyridines is 1. The lowest BCUT2D eigenvalue weighted by Gasteiger charge is -2.34. The van der Waals surface area contributed by atoms with Crippen LogP contribution in [0.5, 0.6) is 0 Å². The lowest BCUT2D eigenvalue weighted by molar-refractivity contribution is 0.399. The highest BCUT2D eigenvalue weighted by Crippen LogP contribution is 2.30. The third-order valence-electron chi connectivity index (χ3n) is 2.18. The number of halogens is 3. The Kier molecular flexibility index (Phi) is 4.55. The number of hydrogen-bond donors (Lipinski definition) is 0. The number of hydrogen-bond acceptors (Lipinski definition) is 2. The molecule has 0 saturated heterocycles. The quantitative estimate of drug-likeness (QED) is 0.704. The monoisotopic (exact) mass is 254 g/mol. The van der Waals surface area contributed by atoms with Crippen LogP contribution >= 0.6 is 34.8 Å². The van der Waals surface area contributed by atoms with Crippen molar-refractivity contribution in [3.8, 4) is 0 Å². The zero-order valence-corrected chi connectivity index (χ0v) is 10.3. The molecule has 5 heteroatoms. The van der Waals surface area contributed by atoms with Crippen LogP contribution in [0.2, 0.25) is 0 Å². The first-order valence-electron chi connectivity index (χ1n) is 4.36. The van der Waals surface area contributed by atoms with E-state index in [1.165, 1.54) is 0 Å². The van der Waals surface area contributed by atoms with Crippen LogP contribution in [0.3, 0.4) is 0 Å². The Morgan fingerprint density at radius 3 is 2.86 bits per heavy atom. The molecule has 0 aromatic heterocycles. The van der Waals surface area contributed by atoms with E-state index in [0.29, 0.717) is 18.3 Å². The molecule has 0 fully saturated rings. The summed E-state index contributed by atoms with van der Waals surface area (Å²) in [4.78, 5) is 5.57. The molecule has 0 amide bonds. The van der Waals surface area contributed by atoms with Crippen molar-refractivity contribution in [2.75, 3.05) is 31.9 Å². The average Bonchev–Trinajstić information content (AvgIpc) is 2.19. The number of alkyl halides is 3. The fraction of sp³-hybridized carbons (Fsp3) is 0.667. The van der Waals surface area contributed by atoms with Crippen molar-refractivity contribution in [1.29, 1.82) is 0 Å². The third-order valence-corrected chi connectivity index (χ3v) is 3.39. The highest BCUT2D eigenvalue weighted by Gasteiger charge is 2.34. The number of rotatable bonds is 4. The normalized spacial score (nSPS) is 26.1. The smallest absolute Gasteiger partial charge is 0.117 e. The minimum atomic E-state index is -0.572. The largest absolute Gasteiger partial charge is 0.375 e. The third kappa shape index (κ3) is 2.56. The summed E-state index contributed by atoms with van der Waals surface area (Å²) < 4.78 is 0. The molecule has 14 heavy (non-hydrogen) atoms. The maximum atomic E-state index is 6.36. The van der Waals surface area contributed by atoms with Gasteiger partial charge in [0, 0.05) is 37.3 Å². The van der Waals surface area contributed by atoms with Gasteiger partial charge in [-0.15, -0.1) is 34.8 Å². The van der Waals surface area contributed by atoms with Crippen LogP contribution in [0, 0.1) is 0 Å². The highest BCUT2D eigenvalue weighted by molar-refractivity contribution is 6.32. The van der Waals surface area contributed by atoms with Crippen molar-refractivity contribution in [1.82, 2.24) is 4.90 Å². The van der Waals surface area contributed by atoms with Gasteiger partial charge in [0.2, 0.25) is 0 Å². The molecule has 1 unspecified atom stereocenters. The van der Waals surface area contributed by atoms with Crippen molar-refractivity contribution >= 4 is 41.0 Å². The Morgan fingerprint density at radius 1 is 1.57 bits per heavy atom. The van der Waals surface area contributed by atoms with E-state index in [1.807, 2.05) is 18.0 Å². The Labute approximate surface area is 99.5 Å². The molecular formula is C9H13Cl3N2. The lowest BCUT2D eigenvalue weighted by atomic mass is 10.0. The zero-order valence-electron chi connectivity index (χ0n) is 8.01. The summed E-state index contributed by atoms with van der Waals surface area (Å²) in [6.07, 6.45) is 3.65. The number of allylic oxidation sites excluding steroid dienone is 1. The fourth-order valence-corrected chi connectivity index (χ4v) is 2.13. The van der Waals surface area contributed by atoms with Gasteiger partial charge >= 0.3 is 0 Å². The predicted molar refractivity (Wildman–Crippen MR) is 64.1 cm³/mol. The van der Waals surface area contributed by atoms with Gasteiger partial charge in [0.15, 0.2) is 0 Å². The van der Waals surface area contributed by atoms with E-state index in [4.69, 9.17) is 34.8 Å². The summed E-state index contributed by atoms with van der Waals surface area (Å²) >= 11 is 17.9. The molecule has 0 aromatic carbocycles. The maximum absolute atomic E-state index is 6.36. The van der Waals surface area contributed by atoms with Gasteiger partial charge in [-0.05, 0) is 6.08 Å². The summed E-state index contributed by atoms with van der Waals surface area (Å²) in [7, 11) is 1.96. The highest BCUT2D eigenvalue weighted by atomic mass is 35.5. The van der Waals surface area contributed by atoms with Crippen LogP contribution in [0.1, 0.15) is 0 Å². The van der Waals surface area contributed by atoms with E-state index >= 15 is 0 Å². The molecule has 0 radical (unpaired) electrons. The van der Waals surface area contributed by atoms with Gasteiger partial charge in [-0.3, -0.25) is 4.99 Å². The van der Waals surface area contributed by atoms with Crippen LogP contribution in [0.25, 0.3) is 0 Å². The average molecular weight is 256 g/mol. The second-order valence-electron chi connectivity index (χ2n) is 3.25. The minimum Gasteiger partial charge on any atom is -0.375 e. The minimum absolute atomic E-state index is 0.352. The van der Waals surface area contributed by atoms with Crippen LogP contribution in [0.15, 0.2) is 16.8 Å². The van der Waals surface area contributed by atoms with Crippen molar-refractivity contribution in [3.05, 3.63) is 11.8 Å². The molecule has 0 N–H and O–H groups in total. The van der Waals surface area contributed by atoms with Crippen molar-refractivity contribution in [2.24, 2.45) is 4.99 Å². The van der Waals surface area contributed by atoms with E-state index in [2.05, 4.69) is 4.99 Å². The van der Waals surface area contributed by atoms with Crippen LogP contribution in [0.4, 0.5) is 0 Å². The van der Waals surface area contributed by atoms with Gasteiger partial charge in [0.25, 0.3) is 0 Å². The van der Waals surface area contributed by atoms with E-state index in [-0.39, 0.29) is 0 Å². The van der Waals surface area contributed by atoms with Gasteiger partial charge in [0.1, 0.15) is 4.87 Å². The standard InChI is InChI=1S/C9H13Cl3N2/c1-14(5-3-10)8-2-4-13-7-9(8,12)6-11/h2,4H,3,5-7H2,1H3. The molecule has 1 aliphatic rings. The molecule has 0 aliphatic carbocycles. The van der Waals surface area contributed by atoms with Gasteiger partial charge in [0.05, 0.1) is 6.54 Å². The van der Waals surface area contributed by atoms with Crippen LogP contribution in [-0.2, 0) is 0 Å². The Bertz CT molecular complexity index is 252. The van der Waals surface area contributed by atoms with Crippen molar-refractivity contribution < 1.29 is 0 Å². The van der Waals surface area contributed by atoms with E-state index in [1.54, 1.807) is 6.21 Å². The lowest BCUT2D eigenvalue weighted by Crippen LogP contribution is -2.41. The maximum Gasteiger partial charge on any atom is 0.117 e. The zero-order chi connectivity index (χ0) is 10.6.